The number of carbonyl (C=O) groups is 1. The maximum absolute atomic E-state index is 12.4. The SMILES string of the molecule is Cc1ccc(C(=O)NCCc2cc(C)n(C)c2C)cc1S(=O)(=O)N(C)C. The van der Waals surface area contributed by atoms with Gasteiger partial charge in [0, 0.05) is 44.6 Å². The number of nitrogens with one attached hydrogen (secondary N) is 1. The Morgan fingerprint density at radius 2 is 1.81 bits per heavy atom. The van der Waals surface area contributed by atoms with Gasteiger partial charge in [0.15, 0.2) is 0 Å². The molecule has 0 aliphatic rings. The Hall–Kier alpha value is -2.12. The third-order valence-corrected chi connectivity index (χ3v) is 6.73. The standard InChI is InChI=1S/C19H27N3O3S/c1-13-7-8-17(12-18(13)26(24,25)21(4)5)19(23)20-10-9-16-11-14(2)22(6)15(16)3/h7-8,11-12H,9-10H2,1-6H3,(H,20,23). The van der Waals surface area contributed by atoms with Gasteiger partial charge in [-0.3, -0.25) is 4.79 Å². The number of amides is 1. The minimum absolute atomic E-state index is 0.157. The predicted octanol–water partition coefficient (Wildman–Crippen LogP) is 2.17. The fourth-order valence-electron chi connectivity index (χ4n) is 2.82. The van der Waals surface area contributed by atoms with Crippen molar-refractivity contribution < 1.29 is 13.2 Å². The maximum atomic E-state index is 12.4. The van der Waals surface area contributed by atoms with Crippen LogP contribution in [-0.2, 0) is 23.5 Å². The van der Waals surface area contributed by atoms with Gasteiger partial charge in [0.05, 0.1) is 4.90 Å². The summed E-state index contributed by atoms with van der Waals surface area (Å²) in [5.74, 6) is -0.273. The lowest BCUT2D eigenvalue weighted by Crippen LogP contribution is -2.27. The molecule has 1 aromatic carbocycles. The quantitative estimate of drug-likeness (QED) is 0.839. The Morgan fingerprint density at radius 1 is 1.15 bits per heavy atom. The molecular formula is C19H27N3O3S. The Bertz CT molecular complexity index is 928. The van der Waals surface area contributed by atoms with Crippen molar-refractivity contribution in [1.29, 1.82) is 0 Å². The zero-order chi connectivity index (χ0) is 19.6. The van der Waals surface area contributed by atoms with E-state index in [1.807, 2.05) is 14.0 Å². The van der Waals surface area contributed by atoms with Crippen LogP contribution in [0.15, 0.2) is 29.2 Å². The van der Waals surface area contributed by atoms with Crippen molar-refractivity contribution >= 4 is 15.9 Å². The van der Waals surface area contributed by atoms with Gasteiger partial charge in [-0.1, -0.05) is 6.07 Å². The summed E-state index contributed by atoms with van der Waals surface area (Å²) >= 11 is 0. The molecule has 1 N–H and O–H groups in total. The predicted molar refractivity (Wildman–Crippen MR) is 103 cm³/mol. The van der Waals surface area contributed by atoms with E-state index in [0.717, 1.165) is 10.7 Å². The fraction of sp³-hybridized carbons (Fsp3) is 0.421. The number of rotatable bonds is 6. The summed E-state index contributed by atoms with van der Waals surface area (Å²) in [6.45, 7) is 6.32. The van der Waals surface area contributed by atoms with Gasteiger partial charge in [-0.15, -0.1) is 0 Å². The smallest absolute Gasteiger partial charge is 0.251 e. The number of sulfonamides is 1. The molecule has 0 unspecified atom stereocenters. The van der Waals surface area contributed by atoms with E-state index in [0.29, 0.717) is 17.7 Å². The molecule has 0 saturated carbocycles. The third kappa shape index (κ3) is 3.99. The molecule has 1 aromatic heterocycles. The van der Waals surface area contributed by atoms with Crippen LogP contribution in [0.5, 0.6) is 0 Å². The van der Waals surface area contributed by atoms with E-state index in [1.165, 1.54) is 37.1 Å². The lowest BCUT2D eigenvalue weighted by molar-refractivity contribution is 0.0954. The number of aromatic nitrogens is 1. The number of nitrogens with zero attached hydrogens (tertiary/aromatic N) is 2. The van der Waals surface area contributed by atoms with E-state index in [2.05, 4.69) is 22.9 Å². The summed E-state index contributed by atoms with van der Waals surface area (Å²) in [4.78, 5) is 12.6. The number of hydrogen-bond acceptors (Lipinski definition) is 3. The van der Waals surface area contributed by atoms with Crippen LogP contribution in [0.3, 0.4) is 0 Å². The van der Waals surface area contributed by atoms with Crippen LogP contribution in [0, 0.1) is 20.8 Å². The zero-order valence-electron chi connectivity index (χ0n) is 16.3. The molecule has 0 aliphatic carbocycles. The lowest BCUT2D eigenvalue weighted by Gasteiger charge is -2.14. The van der Waals surface area contributed by atoms with Crippen LogP contribution >= 0.6 is 0 Å². The van der Waals surface area contributed by atoms with Crippen LogP contribution in [-0.4, -0.2) is 43.8 Å². The third-order valence-electron chi connectivity index (χ3n) is 4.77. The van der Waals surface area contributed by atoms with Gasteiger partial charge in [0.1, 0.15) is 0 Å². The highest BCUT2D eigenvalue weighted by molar-refractivity contribution is 7.89. The molecule has 0 radical (unpaired) electrons. The molecule has 1 amide bonds. The van der Waals surface area contributed by atoms with Crippen molar-refractivity contribution in [3.05, 3.63) is 52.3 Å². The lowest BCUT2D eigenvalue weighted by atomic mass is 10.1. The van der Waals surface area contributed by atoms with E-state index < -0.39 is 10.0 Å². The number of aryl methyl sites for hydroxylation is 2. The first-order valence-corrected chi connectivity index (χ1v) is 9.93. The highest BCUT2D eigenvalue weighted by Crippen LogP contribution is 2.20. The van der Waals surface area contributed by atoms with Gasteiger partial charge in [-0.05, 0) is 56.5 Å². The molecule has 0 aliphatic heterocycles. The topological polar surface area (TPSA) is 71.4 Å². The van der Waals surface area contributed by atoms with Gasteiger partial charge in [0.2, 0.25) is 10.0 Å². The highest BCUT2D eigenvalue weighted by atomic mass is 32.2. The first kappa shape index (κ1) is 20.2. The second-order valence-corrected chi connectivity index (χ2v) is 8.85. The van der Waals surface area contributed by atoms with E-state index >= 15 is 0 Å². The molecule has 0 spiro atoms. The number of hydrogen-bond donors (Lipinski definition) is 1. The van der Waals surface area contributed by atoms with Gasteiger partial charge >= 0.3 is 0 Å². The average Bonchev–Trinajstić information content (AvgIpc) is 2.82. The van der Waals surface area contributed by atoms with Gasteiger partial charge in [-0.2, -0.15) is 0 Å². The molecule has 7 heteroatoms. The first-order chi connectivity index (χ1) is 12.1. The van der Waals surface area contributed by atoms with Gasteiger partial charge in [-0.25, -0.2) is 12.7 Å². The second-order valence-electron chi connectivity index (χ2n) is 6.73. The van der Waals surface area contributed by atoms with Crippen molar-refractivity contribution in [3.63, 3.8) is 0 Å². The van der Waals surface area contributed by atoms with Crippen molar-refractivity contribution in [2.75, 3.05) is 20.6 Å². The van der Waals surface area contributed by atoms with Crippen molar-refractivity contribution in [3.8, 4) is 0 Å². The minimum Gasteiger partial charge on any atom is -0.352 e. The Balaban J connectivity index is 2.12. The van der Waals surface area contributed by atoms with Gasteiger partial charge < -0.3 is 9.88 Å². The molecule has 0 atom stereocenters. The maximum Gasteiger partial charge on any atom is 0.251 e. The van der Waals surface area contributed by atoms with Gasteiger partial charge in [0.25, 0.3) is 5.91 Å². The van der Waals surface area contributed by atoms with Crippen molar-refractivity contribution in [1.82, 2.24) is 14.2 Å². The molecule has 0 fully saturated rings. The molecule has 1 heterocycles. The Labute approximate surface area is 155 Å². The molecule has 0 saturated heterocycles. The van der Waals surface area contributed by atoms with Crippen LogP contribution < -0.4 is 5.32 Å². The van der Waals surface area contributed by atoms with Crippen LogP contribution in [0.1, 0.15) is 32.9 Å². The molecule has 26 heavy (non-hydrogen) atoms. The summed E-state index contributed by atoms with van der Waals surface area (Å²) in [7, 11) is 1.39. The number of benzene rings is 1. The van der Waals surface area contributed by atoms with E-state index in [1.54, 1.807) is 19.1 Å². The Morgan fingerprint density at radius 3 is 2.35 bits per heavy atom. The van der Waals surface area contributed by atoms with E-state index in [-0.39, 0.29) is 10.8 Å². The van der Waals surface area contributed by atoms with Crippen LogP contribution in [0.2, 0.25) is 0 Å². The minimum atomic E-state index is -3.58. The summed E-state index contributed by atoms with van der Waals surface area (Å²) < 4.78 is 28.1. The van der Waals surface area contributed by atoms with Crippen molar-refractivity contribution in [2.45, 2.75) is 32.1 Å². The summed E-state index contributed by atoms with van der Waals surface area (Å²) in [5.41, 5.74) is 4.53. The second kappa shape index (κ2) is 7.63. The van der Waals surface area contributed by atoms with Crippen molar-refractivity contribution in [2.24, 2.45) is 7.05 Å². The highest BCUT2D eigenvalue weighted by Gasteiger charge is 2.21. The largest absolute Gasteiger partial charge is 0.352 e. The Kier molecular flexibility index (Phi) is 5.93. The summed E-state index contributed by atoms with van der Waals surface area (Å²) in [6.07, 6.45) is 0.730. The van der Waals surface area contributed by atoms with Crippen LogP contribution in [0.25, 0.3) is 0 Å². The zero-order valence-corrected chi connectivity index (χ0v) is 17.1. The molecule has 6 nitrogen and oxygen atoms in total. The first-order valence-electron chi connectivity index (χ1n) is 8.49. The molecular weight excluding hydrogens is 350 g/mol. The summed E-state index contributed by atoms with van der Waals surface area (Å²) in [6, 6.07) is 6.88. The molecule has 2 rings (SSSR count). The number of carbonyl (C=O) groups excluding carboxylic acids is 1. The molecule has 0 bridgehead atoms. The average molecular weight is 378 g/mol. The van der Waals surface area contributed by atoms with Crippen LogP contribution in [0.4, 0.5) is 0 Å². The molecule has 142 valence electrons. The van der Waals surface area contributed by atoms with E-state index in [9.17, 15) is 13.2 Å². The molecule has 2 aromatic rings. The summed E-state index contributed by atoms with van der Waals surface area (Å²) in [5, 5.41) is 2.87. The normalized spacial score (nSPS) is 11.8. The van der Waals surface area contributed by atoms with E-state index in [4.69, 9.17) is 0 Å². The fourth-order valence-corrected chi connectivity index (χ4v) is 3.96. The monoisotopic (exact) mass is 377 g/mol.